The maximum absolute atomic E-state index is 5.85. The Hall–Kier alpha value is -0.0800. The van der Waals surface area contributed by atoms with Crippen LogP contribution < -0.4 is 5.32 Å². The molecule has 5 nitrogen and oxygen atoms in total. The summed E-state index contributed by atoms with van der Waals surface area (Å²) in [7, 11) is 0. The first-order chi connectivity index (χ1) is 8.85. The Morgan fingerprint density at radius 1 is 1.26 bits per heavy atom. The van der Waals surface area contributed by atoms with Gasteiger partial charge in [0.15, 0.2) is 5.96 Å². The molecular weight excluding hydrogens is 357 g/mol. The van der Waals surface area contributed by atoms with Crippen molar-refractivity contribution < 1.29 is 9.47 Å². The third-order valence-electron chi connectivity index (χ3n) is 3.42. The largest absolute Gasteiger partial charge is 0.375 e. The van der Waals surface area contributed by atoms with Crippen LogP contribution in [0, 0.1) is 0 Å². The molecule has 6 heteroatoms. The van der Waals surface area contributed by atoms with E-state index in [4.69, 9.17) is 9.47 Å². The summed E-state index contributed by atoms with van der Waals surface area (Å²) in [6.07, 6.45) is 2.76. The van der Waals surface area contributed by atoms with Gasteiger partial charge in [-0.3, -0.25) is 4.99 Å². The summed E-state index contributed by atoms with van der Waals surface area (Å²) in [5, 5.41) is 3.34. The Morgan fingerprint density at radius 2 is 2.05 bits per heavy atom. The highest BCUT2D eigenvalue weighted by Gasteiger charge is 2.32. The average molecular weight is 383 g/mol. The average Bonchev–Trinajstić information content (AvgIpc) is 2.93. The van der Waals surface area contributed by atoms with Crippen molar-refractivity contribution in [2.24, 2.45) is 4.99 Å². The molecule has 0 aliphatic carbocycles. The highest BCUT2D eigenvalue weighted by Crippen LogP contribution is 2.20. The van der Waals surface area contributed by atoms with Gasteiger partial charge in [0.1, 0.15) is 6.10 Å². The van der Waals surface area contributed by atoms with Gasteiger partial charge in [0.2, 0.25) is 0 Å². The van der Waals surface area contributed by atoms with Crippen LogP contribution in [0.3, 0.4) is 0 Å². The lowest BCUT2D eigenvalue weighted by Gasteiger charge is -2.37. The van der Waals surface area contributed by atoms with Crippen molar-refractivity contribution in [1.29, 1.82) is 0 Å². The van der Waals surface area contributed by atoms with Crippen LogP contribution in [0.4, 0.5) is 0 Å². The normalized spacial score (nSPS) is 28.1. The van der Waals surface area contributed by atoms with Crippen molar-refractivity contribution in [3.8, 4) is 0 Å². The second kappa shape index (κ2) is 8.97. The second-order valence-corrected chi connectivity index (χ2v) is 4.74. The molecule has 0 radical (unpaired) electrons. The van der Waals surface area contributed by atoms with Crippen molar-refractivity contribution in [2.45, 2.75) is 38.9 Å². The summed E-state index contributed by atoms with van der Waals surface area (Å²) in [6, 6.07) is 0. The molecule has 2 fully saturated rings. The Labute approximate surface area is 133 Å². The highest BCUT2D eigenvalue weighted by molar-refractivity contribution is 14.0. The zero-order valence-electron chi connectivity index (χ0n) is 11.9. The number of morpholine rings is 1. The van der Waals surface area contributed by atoms with E-state index in [1.807, 2.05) is 0 Å². The molecule has 0 spiro atoms. The molecule has 2 aliphatic rings. The van der Waals surface area contributed by atoms with Crippen LogP contribution in [0.1, 0.15) is 26.7 Å². The lowest BCUT2D eigenvalue weighted by atomic mass is 10.1. The second-order valence-electron chi connectivity index (χ2n) is 4.74. The van der Waals surface area contributed by atoms with Crippen LogP contribution in [-0.4, -0.2) is 62.5 Å². The van der Waals surface area contributed by atoms with E-state index in [-0.39, 0.29) is 36.2 Å². The fraction of sp³-hybridized carbons (Fsp3) is 0.923. The van der Waals surface area contributed by atoms with Gasteiger partial charge in [-0.05, 0) is 26.7 Å². The van der Waals surface area contributed by atoms with Gasteiger partial charge in [-0.2, -0.15) is 0 Å². The van der Waals surface area contributed by atoms with E-state index in [9.17, 15) is 0 Å². The summed E-state index contributed by atoms with van der Waals surface area (Å²) in [4.78, 5) is 6.83. The molecule has 2 rings (SSSR count). The van der Waals surface area contributed by atoms with Gasteiger partial charge < -0.3 is 19.7 Å². The van der Waals surface area contributed by atoms with Gasteiger partial charge in [-0.1, -0.05) is 0 Å². The van der Waals surface area contributed by atoms with Gasteiger partial charge in [0, 0.05) is 32.8 Å². The van der Waals surface area contributed by atoms with Gasteiger partial charge in [-0.25, -0.2) is 0 Å². The maximum Gasteiger partial charge on any atom is 0.194 e. The predicted molar refractivity (Wildman–Crippen MR) is 87.4 cm³/mol. The molecule has 2 heterocycles. The molecule has 1 N–H and O–H groups in total. The number of guanidine groups is 1. The fourth-order valence-electron chi connectivity index (χ4n) is 2.56. The standard InChI is InChI=1S/C13H25N3O2.HI/c1-3-14-13(15-4-2)16-7-9-18-12(10-16)11-6-5-8-17-11;/h11-12H,3-10H2,1-2H3,(H,14,15);1H. The highest BCUT2D eigenvalue weighted by atomic mass is 127. The van der Waals surface area contributed by atoms with Crippen LogP contribution in [-0.2, 0) is 9.47 Å². The van der Waals surface area contributed by atoms with Crippen LogP contribution in [0.15, 0.2) is 4.99 Å². The maximum atomic E-state index is 5.85. The van der Waals surface area contributed by atoms with Crippen LogP contribution >= 0.6 is 24.0 Å². The monoisotopic (exact) mass is 383 g/mol. The lowest BCUT2D eigenvalue weighted by Crippen LogP contribution is -2.53. The number of hydrogen-bond donors (Lipinski definition) is 1. The van der Waals surface area contributed by atoms with E-state index in [0.29, 0.717) is 0 Å². The fourth-order valence-corrected chi connectivity index (χ4v) is 2.56. The third kappa shape index (κ3) is 4.75. The van der Waals surface area contributed by atoms with Gasteiger partial charge in [0.05, 0.1) is 12.7 Å². The molecule has 2 atom stereocenters. The minimum Gasteiger partial charge on any atom is -0.375 e. The number of halogens is 1. The predicted octanol–water partition coefficient (Wildman–Crippen LogP) is 1.47. The Morgan fingerprint density at radius 3 is 2.68 bits per heavy atom. The molecule has 0 aromatic rings. The molecule has 0 aromatic carbocycles. The molecular formula is C13H26IN3O2. The summed E-state index contributed by atoms with van der Waals surface area (Å²) in [6.45, 7) is 9.32. The van der Waals surface area contributed by atoms with Crippen molar-refractivity contribution in [2.75, 3.05) is 39.4 Å². The molecule has 2 saturated heterocycles. The van der Waals surface area contributed by atoms with E-state index in [1.54, 1.807) is 0 Å². The van der Waals surface area contributed by atoms with E-state index in [2.05, 4.69) is 29.1 Å². The first kappa shape index (κ1) is 17.0. The van der Waals surface area contributed by atoms with Crippen LogP contribution in [0.5, 0.6) is 0 Å². The number of hydrogen-bond acceptors (Lipinski definition) is 3. The topological polar surface area (TPSA) is 46.1 Å². The number of rotatable bonds is 3. The van der Waals surface area contributed by atoms with Crippen LogP contribution in [0.25, 0.3) is 0 Å². The minimum absolute atomic E-state index is 0. The summed E-state index contributed by atoms with van der Waals surface area (Å²) in [5.74, 6) is 1.01. The molecule has 0 aromatic heterocycles. The number of aliphatic imine (C=N–C) groups is 1. The van der Waals surface area contributed by atoms with E-state index >= 15 is 0 Å². The molecule has 0 amide bonds. The Balaban J connectivity index is 0.00000180. The summed E-state index contributed by atoms with van der Waals surface area (Å²) in [5.41, 5.74) is 0. The minimum atomic E-state index is 0. The van der Waals surface area contributed by atoms with E-state index in [0.717, 1.165) is 58.2 Å². The quantitative estimate of drug-likeness (QED) is 0.456. The van der Waals surface area contributed by atoms with Gasteiger partial charge in [-0.15, -0.1) is 24.0 Å². The Kier molecular flexibility index (Phi) is 8.01. The van der Waals surface area contributed by atoms with Gasteiger partial charge >= 0.3 is 0 Å². The molecule has 19 heavy (non-hydrogen) atoms. The molecule has 2 aliphatic heterocycles. The first-order valence-electron chi connectivity index (χ1n) is 7.11. The Bertz CT molecular complexity index is 283. The number of ether oxygens (including phenoxy) is 2. The summed E-state index contributed by atoms with van der Waals surface area (Å²) >= 11 is 0. The zero-order valence-corrected chi connectivity index (χ0v) is 14.3. The van der Waals surface area contributed by atoms with E-state index in [1.165, 1.54) is 0 Å². The number of nitrogens with zero attached hydrogens (tertiary/aromatic N) is 2. The molecule has 0 saturated carbocycles. The van der Waals surface area contributed by atoms with Crippen molar-refractivity contribution in [1.82, 2.24) is 10.2 Å². The van der Waals surface area contributed by atoms with E-state index < -0.39 is 0 Å². The SMILES string of the molecule is CCN=C(NCC)N1CCOC(C2CCCO2)C1.I. The van der Waals surface area contributed by atoms with Crippen molar-refractivity contribution in [3.63, 3.8) is 0 Å². The smallest absolute Gasteiger partial charge is 0.194 e. The first-order valence-corrected chi connectivity index (χ1v) is 7.11. The molecule has 2 unspecified atom stereocenters. The molecule has 0 bridgehead atoms. The van der Waals surface area contributed by atoms with Crippen LogP contribution in [0.2, 0.25) is 0 Å². The van der Waals surface area contributed by atoms with Gasteiger partial charge in [0.25, 0.3) is 0 Å². The van der Waals surface area contributed by atoms with Crippen molar-refractivity contribution >= 4 is 29.9 Å². The zero-order chi connectivity index (χ0) is 12.8. The van der Waals surface area contributed by atoms with Crippen molar-refractivity contribution in [3.05, 3.63) is 0 Å². The third-order valence-corrected chi connectivity index (χ3v) is 3.42. The lowest BCUT2D eigenvalue weighted by molar-refractivity contribution is -0.0816. The number of nitrogens with one attached hydrogen (secondary N) is 1. The molecule has 112 valence electrons. The summed E-state index contributed by atoms with van der Waals surface area (Å²) < 4.78 is 11.6.